The molecule has 2 heteroatoms. The van der Waals surface area contributed by atoms with Gasteiger partial charge < -0.3 is 9.47 Å². The lowest BCUT2D eigenvalue weighted by Gasteiger charge is -2.17. The highest BCUT2D eigenvalue weighted by Gasteiger charge is 2.08. The molecule has 0 atom stereocenters. The molecule has 0 spiro atoms. The molecule has 116 valence electrons. The van der Waals surface area contributed by atoms with Gasteiger partial charge in [-0.3, -0.25) is 0 Å². The Labute approximate surface area is 121 Å². The van der Waals surface area contributed by atoms with E-state index in [0.717, 1.165) is 0 Å². The first-order valence-electron chi connectivity index (χ1n) is 8.45. The van der Waals surface area contributed by atoms with Crippen molar-refractivity contribution in [2.75, 3.05) is 13.9 Å². The van der Waals surface area contributed by atoms with Crippen LogP contribution in [0.4, 0.5) is 0 Å². The van der Waals surface area contributed by atoms with Gasteiger partial charge >= 0.3 is 0 Å². The van der Waals surface area contributed by atoms with Gasteiger partial charge in [0.15, 0.2) is 0 Å². The summed E-state index contributed by atoms with van der Waals surface area (Å²) >= 11 is 0. The Balaban J connectivity index is 3.57. The zero-order valence-electron chi connectivity index (χ0n) is 13.6. The van der Waals surface area contributed by atoms with Crippen LogP contribution >= 0.6 is 0 Å². The molecule has 0 bridgehead atoms. The van der Waals surface area contributed by atoms with Crippen LogP contribution in [0.3, 0.4) is 0 Å². The molecule has 2 nitrogen and oxygen atoms in total. The maximum atomic E-state index is 5.78. The maximum absolute atomic E-state index is 5.78. The van der Waals surface area contributed by atoms with Crippen molar-refractivity contribution >= 4 is 0 Å². The van der Waals surface area contributed by atoms with Gasteiger partial charge in [0.25, 0.3) is 0 Å². The summed E-state index contributed by atoms with van der Waals surface area (Å²) in [5.74, 6) is 0. The minimum absolute atomic E-state index is 0.420. The van der Waals surface area contributed by atoms with Gasteiger partial charge in [0.1, 0.15) is 6.79 Å². The van der Waals surface area contributed by atoms with Crippen LogP contribution in [0.25, 0.3) is 0 Å². The van der Waals surface area contributed by atoms with Gasteiger partial charge in [-0.25, -0.2) is 0 Å². The maximum Gasteiger partial charge on any atom is 0.146 e. The highest BCUT2D eigenvalue weighted by Crippen LogP contribution is 2.16. The highest BCUT2D eigenvalue weighted by molar-refractivity contribution is 4.59. The van der Waals surface area contributed by atoms with Gasteiger partial charge in [-0.05, 0) is 12.8 Å². The van der Waals surface area contributed by atoms with E-state index in [9.17, 15) is 0 Å². The first kappa shape index (κ1) is 18.9. The van der Waals surface area contributed by atoms with Crippen LogP contribution in [0.2, 0.25) is 0 Å². The van der Waals surface area contributed by atoms with Crippen LogP contribution < -0.4 is 0 Å². The summed E-state index contributed by atoms with van der Waals surface area (Å²) in [6.07, 6.45) is 16.3. The zero-order valence-corrected chi connectivity index (χ0v) is 13.6. The van der Waals surface area contributed by atoms with Crippen LogP contribution in [0.15, 0.2) is 0 Å². The predicted molar refractivity (Wildman–Crippen MR) is 83.5 cm³/mol. The fourth-order valence-electron chi connectivity index (χ4n) is 2.43. The molecule has 0 aliphatic heterocycles. The SMILES string of the molecule is CCCCCCCC(CCCCCCC)OCOC. The third-order valence-corrected chi connectivity index (χ3v) is 3.68. The van der Waals surface area contributed by atoms with E-state index in [0.29, 0.717) is 12.9 Å². The Hall–Kier alpha value is -0.0800. The van der Waals surface area contributed by atoms with E-state index in [1.54, 1.807) is 7.11 Å². The van der Waals surface area contributed by atoms with Gasteiger partial charge in [-0.1, -0.05) is 78.1 Å². The van der Waals surface area contributed by atoms with E-state index >= 15 is 0 Å². The summed E-state index contributed by atoms with van der Waals surface area (Å²) in [5, 5.41) is 0. The summed E-state index contributed by atoms with van der Waals surface area (Å²) in [5.41, 5.74) is 0. The summed E-state index contributed by atoms with van der Waals surface area (Å²) in [4.78, 5) is 0. The van der Waals surface area contributed by atoms with Crippen molar-refractivity contribution in [2.24, 2.45) is 0 Å². The lowest BCUT2D eigenvalue weighted by molar-refractivity contribution is -0.0776. The van der Waals surface area contributed by atoms with Gasteiger partial charge in [0.2, 0.25) is 0 Å². The largest absolute Gasteiger partial charge is 0.359 e. The monoisotopic (exact) mass is 272 g/mol. The molecule has 0 fully saturated rings. The molecule has 0 aromatic rings. The molecule has 0 radical (unpaired) electrons. The van der Waals surface area contributed by atoms with Gasteiger partial charge in [0.05, 0.1) is 6.10 Å². The summed E-state index contributed by atoms with van der Waals surface area (Å²) in [6.45, 7) is 4.98. The van der Waals surface area contributed by atoms with Crippen molar-refractivity contribution in [3.05, 3.63) is 0 Å². The molecule has 0 amide bonds. The Morgan fingerprint density at radius 3 is 1.58 bits per heavy atom. The van der Waals surface area contributed by atoms with Crippen molar-refractivity contribution in [3.63, 3.8) is 0 Å². The number of unbranched alkanes of at least 4 members (excludes halogenated alkanes) is 8. The summed E-state index contributed by atoms with van der Waals surface area (Å²) < 4.78 is 10.8. The predicted octanol–water partition coefficient (Wildman–Crippen LogP) is 5.70. The third kappa shape index (κ3) is 14.1. The van der Waals surface area contributed by atoms with Gasteiger partial charge in [-0.15, -0.1) is 0 Å². The molecule has 0 saturated heterocycles. The van der Waals surface area contributed by atoms with Crippen LogP contribution in [-0.2, 0) is 9.47 Å². The Kier molecular flexibility index (Phi) is 15.9. The molecule has 0 unspecified atom stereocenters. The molecule has 19 heavy (non-hydrogen) atoms. The van der Waals surface area contributed by atoms with Crippen molar-refractivity contribution in [1.29, 1.82) is 0 Å². The molecule has 0 aliphatic carbocycles. The smallest absolute Gasteiger partial charge is 0.146 e. The quantitative estimate of drug-likeness (QED) is 0.281. The number of ether oxygens (including phenoxy) is 2. The van der Waals surface area contributed by atoms with Crippen LogP contribution in [-0.4, -0.2) is 20.0 Å². The average Bonchev–Trinajstić information content (AvgIpc) is 2.43. The Morgan fingerprint density at radius 1 is 0.684 bits per heavy atom. The minimum atomic E-state index is 0.420. The Bertz CT molecular complexity index is 145. The number of rotatable bonds is 15. The number of hydrogen-bond donors (Lipinski definition) is 0. The molecule has 0 heterocycles. The van der Waals surface area contributed by atoms with Crippen LogP contribution in [0.1, 0.15) is 90.9 Å². The van der Waals surface area contributed by atoms with E-state index in [1.807, 2.05) is 0 Å². The average molecular weight is 272 g/mol. The fourth-order valence-corrected chi connectivity index (χ4v) is 2.43. The van der Waals surface area contributed by atoms with E-state index < -0.39 is 0 Å². The first-order valence-corrected chi connectivity index (χ1v) is 8.45. The van der Waals surface area contributed by atoms with Crippen molar-refractivity contribution < 1.29 is 9.47 Å². The standard InChI is InChI=1S/C17H36O2/c1-4-6-8-10-12-14-17(19-16-18-3)15-13-11-9-7-5-2/h17H,4-16H2,1-3H3. The second-order valence-corrected chi connectivity index (χ2v) is 5.60. The van der Waals surface area contributed by atoms with E-state index in [2.05, 4.69) is 13.8 Å². The van der Waals surface area contributed by atoms with Gasteiger partial charge in [0, 0.05) is 7.11 Å². The first-order chi connectivity index (χ1) is 9.35. The lowest BCUT2D eigenvalue weighted by atomic mass is 10.0. The topological polar surface area (TPSA) is 18.5 Å². The highest BCUT2D eigenvalue weighted by atomic mass is 16.7. The molecule has 0 rings (SSSR count). The van der Waals surface area contributed by atoms with Gasteiger partial charge in [-0.2, -0.15) is 0 Å². The van der Waals surface area contributed by atoms with E-state index in [4.69, 9.17) is 9.47 Å². The number of methoxy groups -OCH3 is 1. The fraction of sp³-hybridized carbons (Fsp3) is 1.00. The van der Waals surface area contributed by atoms with E-state index in [-0.39, 0.29) is 0 Å². The molecule has 0 saturated carbocycles. The molecule has 0 N–H and O–H groups in total. The normalized spacial score (nSPS) is 11.4. The molecule has 0 aromatic heterocycles. The van der Waals surface area contributed by atoms with Crippen LogP contribution in [0.5, 0.6) is 0 Å². The molecular weight excluding hydrogens is 236 g/mol. The third-order valence-electron chi connectivity index (χ3n) is 3.68. The molecule has 0 aliphatic rings. The van der Waals surface area contributed by atoms with Crippen molar-refractivity contribution in [1.82, 2.24) is 0 Å². The van der Waals surface area contributed by atoms with Crippen LogP contribution in [0, 0.1) is 0 Å². The van der Waals surface area contributed by atoms with Crippen molar-refractivity contribution in [2.45, 2.75) is 97.0 Å². The Morgan fingerprint density at radius 2 is 1.16 bits per heavy atom. The zero-order chi connectivity index (χ0) is 14.2. The summed E-state index contributed by atoms with van der Waals surface area (Å²) in [6, 6.07) is 0. The summed E-state index contributed by atoms with van der Waals surface area (Å²) in [7, 11) is 1.71. The van der Waals surface area contributed by atoms with Crippen molar-refractivity contribution in [3.8, 4) is 0 Å². The lowest BCUT2D eigenvalue weighted by Crippen LogP contribution is -2.14. The molecule has 0 aromatic carbocycles. The molecular formula is C17H36O2. The second-order valence-electron chi connectivity index (χ2n) is 5.60. The minimum Gasteiger partial charge on any atom is -0.359 e. The van der Waals surface area contributed by atoms with E-state index in [1.165, 1.54) is 77.0 Å². The number of hydrogen-bond acceptors (Lipinski definition) is 2. The second kappa shape index (κ2) is 16.0.